The summed E-state index contributed by atoms with van der Waals surface area (Å²) < 4.78 is 43.4. The van der Waals surface area contributed by atoms with Gasteiger partial charge in [0.1, 0.15) is 11.5 Å². The number of rotatable bonds is 2. The van der Waals surface area contributed by atoms with E-state index < -0.39 is 12.3 Å². The lowest BCUT2D eigenvalue weighted by molar-refractivity contribution is -0.0241. The topological polar surface area (TPSA) is 59.4 Å². The lowest BCUT2D eigenvalue weighted by atomic mass is 9.93. The number of fused-ring (bicyclic) bond motifs is 2. The van der Waals surface area contributed by atoms with Crippen LogP contribution in [0.25, 0.3) is 33.4 Å². The van der Waals surface area contributed by atoms with E-state index in [0.717, 1.165) is 10.9 Å². The van der Waals surface area contributed by atoms with Gasteiger partial charge in [-0.25, -0.2) is 18.2 Å². The Morgan fingerprint density at radius 1 is 1.11 bits per heavy atom. The van der Waals surface area contributed by atoms with Crippen LogP contribution in [0.3, 0.4) is 0 Å². The number of pyridine rings is 1. The first-order chi connectivity index (χ1) is 13.0. The number of hydrogen-bond acceptors (Lipinski definition) is 3. The Bertz CT molecular complexity index is 1140. The molecule has 0 unspecified atom stereocenters. The maximum absolute atomic E-state index is 14.2. The normalized spacial score (nSPS) is 15.8. The van der Waals surface area contributed by atoms with Crippen molar-refractivity contribution in [3.63, 3.8) is 0 Å². The molecule has 0 spiro atoms. The lowest BCUT2D eigenvalue weighted by Gasteiger charge is -2.23. The van der Waals surface area contributed by atoms with Crippen LogP contribution in [0.4, 0.5) is 13.2 Å². The molecule has 5 rings (SSSR count). The van der Waals surface area contributed by atoms with Gasteiger partial charge in [-0.3, -0.25) is 9.78 Å². The number of benzene rings is 1. The van der Waals surface area contributed by atoms with Crippen LogP contribution < -0.4 is 0 Å². The number of aromatic amines is 1. The van der Waals surface area contributed by atoms with Crippen molar-refractivity contribution in [1.29, 1.82) is 0 Å². The molecular weight excluding hydrogens is 355 g/mol. The standard InChI is InChI=1S/C19H14F3N5/c20-12-3-1-11(2-4-12)17-16(13-5-7-23-18-14(13)10-24-25-18)15-9-19(21,22)6-8-27(15)26-17/h1-5,7,10H,6,8-9H2,(H,23,24,25). The Morgan fingerprint density at radius 3 is 2.74 bits per heavy atom. The molecular formula is C19H14F3N5. The lowest BCUT2D eigenvalue weighted by Crippen LogP contribution is -2.29. The molecule has 0 saturated heterocycles. The quantitative estimate of drug-likeness (QED) is 0.576. The summed E-state index contributed by atoms with van der Waals surface area (Å²) in [6, 6.07) is 7.67. The van der Waals surface area contributed by atoms with Crippen LogP contribution in [0.5, 0.6) is 0 Å². The van der Waals surface area contributed by atoms with Gasteiger partial charge in [0, 0.05) is 35.7 Å². The number of aromatic nitrogens is 5. The maximum atomic E-state index is 14.2. The average molecular weight is 369 g/mol. The van der Waals surface area contributed by atoms with Gasteiger partial charge in [-0.15, -0.1) is 0 Å². The molecule has 1 aromatic carbocycles. The molecule has 1 aliphatic heterocycles. The van der Waals surface area contributed by atoms with E-state index in [2.05, 4.69) is 20.3 Å². The minimum Gasteiger partial charge on any atom is -0.268 e. The van der Waals surface area contributed by atoms with Crippen molar-refractivity contribution in [3.8, 4) is 22.4 Å². The number of H-pyrrole nitrogens is 1. The smallest absolute Gasteiger partial charge is 0.255 e. The van der Waals surface area contributed by atoms with Gasteiger partial charge in [0.2, 0.25) is 0 Å². The molecule has 0 saturated carbocycles. The molecule has 0 aliphatic carbocycles. The van der Waals surface area contributed by atoms with Crippen molar-refractivity contribution >= 4 is 11.0 Å². The molecule has 8 heteroatoms. The molecule has 136 valence electrons. The molecule has 4 aromatic rings. The van der Waals surface area contributed by atoms with Gasteiger partial charge in [0.15, 0.2) is 5.65 Å². The SMILES string of the molecule is Fc1ccc(-c2nn3c(c2-c2ccnc4[nH]ncc24)CC(F)(F)CC3)cc1. The van der Waals surface area contributed by atoms with Gasteiger partial charge in [0.05, 0.1) is 18.3 Å². The van der Waals surface area contributed by atoms with Crippen molar-refractivity contribution in [2.45, 2.75) is 25.3 Å². The van der Waals surface area contributed by atoms with Crippen LogP contribution in [0, 0.1) is 5.82 Å². The molecule has 27 heavy (non-hydrogen) atoms. The predicted molar refractivity (Wildman–Crippen MR) is 93.8 cm³/mol. The number of alkyl halides is 2. The van der Waals surface area contributed by atoms with Crippen molar-refractivity contribution in [3.05, 3.63) is 54.2 Å². The van der Waals surface area contributed by atoms with Crippen molar-refractivity contribution in [1.82, 2.24) is 25.0 Å². The fourth-order valence-electron chi connectivity index (χ4n) is 3.63. The summed E-state index contributed by atoms with van der Waals surface area (Å²) in [5, 5.41) is 12.1. The summed E-state index contributed by atoms with van der Waals surface area (Å²) in [7, 11) is 0. The highest BCUT2D eigenvalue weighted by Crippen LogP contribution is 2.42. The molecule has 0 radical (unpaired) electrons. The number of hydrogen-bond donors (Lipinski definition) is 1. The molecule has 0 bridgehead atoms. The first-order valence-corrected chi connectivity index (χ1v) is 8.54. The van der Waals surface area contributed by atoms with E-state index >= 15 is 0 Å². The molecule has 4 heterocycles. The summed E-state index contributed by atoms with van der Waals surface area (Å²) in [6.07, 6.45) is 2.59. The molecule has 1 N–H and O–H groups in total. The third kappa shape index (κ3) is 2.59. The summed E-state index contributed by atoms with van der Waals surface area (Å²) >= 11 is 0. The van der Waals surface area contributed by atoms with Gasteiger partial charge >= 0.3 is 0 Å². The Morgan fingerprint density at radius 2 is 1.93 bits per heavy atom. The highest BCUT2D eigenvalue weighted by molar-refractivity contribution is 5.97. The third-order valence-corrected chi connectivity index (χ3v) is 4.91. The van der Waals surface area contributed by atoms with E-state index in [-0.39, 0.29) is 18.8 Å². The van der Waals surface area contributed by atoms with E-state index in [1.54, 1.807) is 35.3 Å². The second-order valence-corrected chi connectivity index (χ2v) is 6.67. The summed E-state index contributed by atoms with van der Waals surface area (Å²) in [5.74, 6) is -3.15. The average Bonchev–Trinajstić information content (AvgIpc) is 3.25. The van der Waals surface area contributed by atoms with E-state index in [9.17, 15) is 13.2 Å². The van der Waals surface area contributed by atoms with Crippen LogP contribution in [0.2, 0.25) is 0 Å². The van der Waals surface area contributed by atoms with Crippen molar-refractivity contribution < 1.29 is 13.2 Å². The number of halogens is 3. The molecule has 0 amide bonds. The van der Waals surface area contributed by atoms with Crippen molar-refractivity contribution in [2.75, 3.05) is 0 Å². The van der Waals surface area contributed by atoms with Gasteiger partial charge < -0.3 is 0 Å². The second kappa shape index (κ2) is 5.67. The van der Waals surface area contributed by atoms with Gasteiger partial charge in [-0.1, -0.05) is 0 Å². The number of aryl methyl sites for hydroxylation is 1. The van der Waals surface area contributed by atoms with Gasteiger partial charge in [-0.2, -0.15) is 10.2 Å². The number of nitrogens with zero attached hydrogens (tertiary/aromatic N) is 4. The van der Waals surface area contributed by atoms with E-state index in [4.69, 9.17) is 0 Å². The second-order valence-electron chi connectivity index (χ2n) is 6.67. The molecule has 0 fully saturated rings. The molecule has 3 aromatic heterocycles. The van der Waals surface area contributed by atoms with Crippen LogP contribution in [-0.2, 0) is 13.0 Å². The Hall–Kier alpha value is -3.16. The van der Waals surface area contributed by atoms with Gasteiger partial charge in [0.25, 0.3) is 5.92 Å². The zero-order valence-corrected chi connectivity index (χ0v) is 14.1. The fraction of sp³-hybridized carbons (Fsp3) is 0.211. The summed E-state index contributed by atoms with van der Waals surface area (Å²) in [6.45, 7) is 0.135. The molecule has 0 atom stereocenters. The Balaban J connectivity index is 1.81. The van der Waals surface area contributed by atoms with Crippen LogP contribution >= 0.6 is 0 Å². The first kappa shape index (κ1) is 16.0. The molecule has 1 aliphatic rings. The zero-order valence-electron chi connectivity index (χ0n) is 14.1. The maximum Gasteiger partial charge on any atom is 0.255 e. The highest BCUT2D eigenvalue weighted by Gasteiger charge is 2.38. The first-order valence-electron chi connectivity index (χ1n) is 8.54. The summed E-state index contributed by atoms with van der Waals surface area (Å²) in [4.78, 5) is 4.22. The van der Waals surface area contributed by atoms with Gasteiger partial charge in [-0.05, 0) is 35.9 Å². The van der Waals surface area contributed by atoms with Crippen LogP contribution in [0.1, 0.15) is 12.1 Å². The third-order valence-electron chi connectivity index (χ3n) is 4.91. The van der Waals surface area contributed by atoms with E-state index in [0.29, 0.717) is 28.2 Å². The minimum atomic E-state index is -2.78. The van der Waals surface area contributed by atoms with E-state index in [1.165, 1.54) is 12.1 Å². The van der Waals surface area contributed by atoms with Crippen LogP contribution in [0.15, 0.2) is 42.7 Å². The minimum absolute atomic E-state index is 0.135. The van der Waals surface area contributed by atoms with E-state index in [1.807, 2.05) is 0 Å². The van der Waals surface area contributed by atoms with Crippen LogP contribution in [-0.4, -0.2) is 30.9 Å². The number of nitrogens with one attached hydrogen (secondary N) is 1. The molecule has 5 nitrogen and oxygen atoms in total. The monoisotopic (exact) mass is 369 g/mol. The fourth-order valence-corrected chi connectivity index (χ4v) is 3.63. The highest BCUT2D eigenvalue weighted by atomic mass is 19.3. The summed E-state index contributed by atoms with van der Waals surface area (Å²) in [5.41, 5.74) is 3.61. The zero-order chi connectivity index (χ0) is 18.6. The van der Waals surface area contributed by atoms with Crippen molar-refractivity contribution in [2.24, 2.45) is 0 Å². The predicted octanol–water partition coefficient (Wildman–Crippen LogP) is 4.21. The largest absolute Gasteiger partial charge is 0.268 e. The Kier molecular flexibility index (Phi) is 3.37. The Labute approximate surface area is 151 Å².